The van der Waals surface area contributed by atoms with Gasteiger partial charge in [-0.2, -0.15) is 0 Å². The molecule has 36 heavy (non-hydrogen) atoms. The maximum absolute atomic E-state index is 11.3. The Bertz CT molecular complexity index is 939. The molecule has 0 spiro atoms. The van der Waals surface area contributed by atoms with Crippen molar-refractivity contribution in [2.45, 2.75) is 96.1 Å². The molecular weight excluding hydrogens is 477 g/mol. The Morgan fingerprint density at radius 1 is 0.972 bits per heavy atom. The second kappa shape index (κ2) is 16.0. The van der Waals surface area contributed by atoms with E-state index in [9.17, 15) is 4.57 Å². The summed E-state index contributed by atoms with van der Waals surface area (Å²) in [5, 5.41) is 3.30. The van der Waals surface area contributed by atoms with Crippen LogP contribution in [0.5, 0.6) is 5.75 Å². The van der Waals surface area contributed by atoms with Crippen LogP contribution in [0, 0.1) is 0 Å². The first kappa shape index (κ1) is 30.3. The number of hydrogen-bond donors (Lipinski definition) is 4. The van der Waals surface area contributed by atoms with Crippen LogP contribution >= 0.6 is 7.82 Å². The standard InChI is InChI=1S/C27H41N2O5P.H3N/c1-2-3-4-5-6-7-8-9-10-19-33-24-14-11-13-22(20-24)23-17-18-28-27(21-23)29-25-15-12-16-26(25)34-35(30,31)32;/h11,13-14,17-18,20-21,25-26H,2-10,12,15-16,19H2,1H3,(H,28,29)(H2,30,31,32);1H3/t25-,26+;/m1./s1. The fourth-order valence-corrected chi connectivity index (χ4v) is 5.25. The average Bonchev–Trinajstić information content (AvgIpc) is 3.25. The van der Waals surface area contributed by atoms with Crippen LogP contribution in [0.25, 0.3) is 11.1 Å². The lowest BCUT2D eigenvalue weighted by molar-refractivity contribution is 0.130. The molecule has 0 radical (unpaired) electrons. The Balaban J connectivity index is 0.00000456. The minimum atomic E-state index is -4.52. The van der Waals surface area contributed by atoms with Crippen molar-refractivity contribution in [2.75, 3.05) is 11.9 Å². The monoisotopic (exact) mass is 521 g/mol. The molecule has 0 bridgehead atoms. The molecule has 2 aromatic rings. The Morgan fingerprint density at radius 3 is 2.39 bits per heavy atom. The highest BCUT2D eigenvalue weighted by Gasteiger charge is 2.33. The summed E-state index contributed by atoms with van der Waals surface area (Å²) >= 11 is 0. The van der Waals surface area contributed by atoms with E-state index >= 15 is 0 Å². The number of anilines is 1. The summed E-state index contributed by atoms with van der Waals surface area (Å²) in [5.41, 5.74) is 2.04. The van der Waals surface area contributed by atoms with Gasteiger partial charge in [-0.25, -0.2) is 9.55 Å². The Hall–Kier alpha value is -1.96. The summed E-state index contributed by atoms with van der Waals surface area (Å²) in [6.45, 7) is 2.98. The summed E-state index contributed by atoms with van der Waals surface area (Å²) in [7, 11) is -4.52. The first-order valence-corrected chi connectivity index (χ1v) is 14.7. The first-order chi connectivity index (χ1) is 16.9. The number of rotatable bonds is 16. The van der Waals surface area contributed by atoms with Crippen molar-refractivity contribution in [1.82, 2.24) is 11.1 Å². The summed E-state index contributed by atoms with van der Waals surface area (Å²) in [4.78, 5) is 22.7. The third-order valence-corrected chi connectivity index (χ3v) is 7.05. The zero-order chi connectivity index (χ0) is 24.9. The molecular formula is C27H44N3O5P. The number of hydrogen-bond acceptors (Lipinski definition) is 6. The number of pyridine rings is 1. The Morgan fingerprint density at radius 2 is 1.67 bits per heavy atom. The van der Waals surface area contributed by atoms with Crippen LogP contribution in [0.4, 0.5) is 5.82 Å². The van der Waals surface area contributed by atoms with Crippen LogP contribution in [0.2, 0.25) is 0 Å². The van der Waals surface area contributed by atoms with Crippen molar-refractivity contribution in [3.8, 4) is 16.9 Å². The van der Waals surface area contributed by atoms with E-state index in [-0.39, 0.29) is 12.2 Å². The maximum Gasteiger partial charge on any atom is 0.469 e. The molecule has 1 aromatic heterocycles. The minimum absolute atomic E-state index is 0. The van der Waals surface area contributed by atoms with Crippen molar-refractivity contribution in [2.24, 2.45) is 0 Å². The molecule has 8 nitrogen and oxygen atoms in total. The van der Waals surface area contributed by atoms with Gasteiger partial charge in [0.05, 0.1) is 18.8 Å². The average molecular weight is 522 g/mol. The molecule has 1 aromatic carbocycles. The zero-order valence-electron chi connectivity index (χ0n) is 21.6. The van der Waals surface area contributed by atoms with E-state index < -0.39 is 13.9 Å². The fraction of sp³-hybridized carbons (Fsp3) is 0.593. The SMILES string of the molecule is CCCCCCCCCCCOc1cccc(-c2ccnc(N[C@@H]3CCC[C@@H]3OP(=O)(O)O)c2)c1.N. The van der Waals surface area contributed by atoms with E-state index in [1.807, 2.05) is 36.4 Å². The van der Waals surface area contributed by atoms with E-state index in [1.54, 1.807) is 6.20 Å². The van der Waals surface area contributed by atoms with Crippen molar-refractivity contribution >= 4 is 13.6 Å². The molecule has 1 heterocycles. The predicted molar refractivity (Wildman–Crippen MR) is 146 cm³/mol. The van der Waals surface area contributed by atoms with Gasteiger partial charge in [0.1, 0.15) is 11.6 Å². The number of phosphoric ester groups is 1. The van der Waals surface area contributed by atoms with Crippen LogP contribution in [0.1, 0.15) is 84.0 Å². The fourth-order valence-electron chi connectivity index (χ4n) is 4.64. The number of aromatic nitrogens is 1. The number of ether oxygens (including phenoxy) is 1. The van der Waals surface area contributed by atoms with Crippen molar-refractivity contribution < 1.29 is 23.6 Å². The third kappa shape index (κ3) is 11.0. The van der Waals surface area contributed by atoms with Crippen LogP contribution < -0.4 is 16.2 Å². The second-order valence-electron chi connectivity index (χ2n) is 9.45. The van der Waals surface area contributed by atoms with Crippen molar-refractivity contribution in [1.29, 1.82) is 0 Å². The predicted octanol–water partition coefficient (Wildman–Crippen LogP) is 7.26. The molecule has 6 N–H and O–H groups in total. The molecule has 1 fully saturated rings. The largest absolute Gasteiger partial charge is 0.494 e. The van der Waals surface area contributed by atoms with Gasteiger partial charge in [-0.15, -0.1) is 0 Å². The Kier molecular flexibility index (Phi) is 13.5. The van der Waals surface area contributed by atoms with Gasteiger partial charge in [0.2, 0.25) is 0 Å². The Labute approximate surface area is 216 Å². The summed E-state index contributed by atoms with van der Waals surface area (Å²) in [6.07, 6.45) is 15.1. The van der Waals surface area contributed by atoms with E-state index in [1.165, 1.54) is 51.4 Å². The van der Waals surface area contributed by atoms with Gasteiger partial charge in [0.15, 0.2) is 0 Å². The molecule has 9 heteroatoms. The highest BCUT2D eigenvalue weighted by molar-refractivity contribution is 7.46. The summed E-state index contributed by atoms with van der Waals surface area (Å²) < 4.78 is 22.2. The van der Waals surface area contributed by atoms with Crippen LogP contribution in [-0.4, -0.2) is 33.5 Å². The third-order valence-electron chi connectivity index (χ3n) is 6.50. The highest BCUT2D eigenvalue weighted by Crippen LogP contribution is 2.42. The molecule has 0 aliphatic heterocycles. The summed E-state index contributed by atoms with van der Waals surface area (Å²) in [5.74, 6) is 1.52. The molecule has 3 rings (SSSR count). The van der Waals surface area contributed by atoms with Crippen LogP contribution in [0.3, 0.4) is 0 Å². The molecule has 1 aliphatic carbocycles. The van der Waals surface area contributed by atoms with E-state index in [0.29, 0.717) is 12.2 Å². The van der Waals surface area contributed by atoms with Crippen LogP contribution in [-0.2, 0) is 9.09 Å². The zero-order valence-corrected chi connectivity index (χ0v) is 22.5. The van der Waals surface area contributed by atoms with Gasteiger partial charge in [-0.1, -0.05) is 70.4 Å². The van der Waals surface area contributed by atoms with Crippen LogP contribution in [0.15, 0.2) is 42.6 Å². The molecule has 202 valence electrons. The molecule has 0 saturated heterocycles. The molecule has 1 aliphatic rings. The smallest absolute Gasteiger partial charge is 0.469 e. The molecule has 1 saturated carbocycles. The topological polar surface area (TPSA) is 136 Å². The van der Waals surface area contributed by atoms with E-state index in [0.717, 1.165) is 42.7 Å². The van der Waals surface area contributed by atoms with Gasteiger partial charge >= 0.3 is 7.82 Å². The molecule has 0 amide bonds. The minimum Gasteiger partial charge on any atom is -0.494 e. The van der Waals surface area contributed by atoms with Gasteiger partial charge in [0.25, 0.3) is 0 Å². The van der Waals surface area contributed by atoms with Crippen molar-refractivity contribution in [3.05, 3.63) is 42.6 Å². The lowest BCUT2D eigenvalue weighted by Crippen LogP contribution is -2.30. The van der Waals surface area contributed by atoms with Gasteiger partial charge in [-0.05, 0) is 61.1 Å². The quantitative estimate of drug-likeness (QED) is 0.134. The summed E-state index contributed by atoms with van der Waals surface area (Å²) in [6, 6.07) is 11.8. The van der Waals surface area contributed by atoms with E-state index in [4.69, 9.17) is 19.0 Å². The lowest BCUT2D eigenvalue weighted by Gasteiger charge is -2.22. The maximum atomic E-state index is 11.3. The molecule has 0 unspecified atom stereocenters. The van der Waals surface area contributed by atoms with Gasteiger partial charge in [-0.3, -0.25) is 4.52 Å². The number of phosphoric acid groups is 1. The number of benzene rings is 1. The normalized spacial score (nSPS) is 17.5. The van der Waals surface area contributed by atoms with E-state index in [2.05, 4.69) is 17.2 Å². The number of unbranched alkanes of at least 4 members (excludes halogenated alkanes) is 8. The number of nitrogens with one attached hydrogen (secondary N) is 1. The van der Waals surface area contributed by atoms with Gasteiger partial charge in [0, 0.05) is 6.20 Å². The van der Waals surface area contributed by atoms with Gasteiger partial charge < -0.3 is 26.0 Å². The molecule has 2 atom stereocenters. The first-order valence-electron chi connectivity index (χ1n) is 13.1. The second-order valence-corrected chi connectivity index (χ2v) is 10.6. The lowest BCUT2D eigenvalue weighted by atomic mass is 10.1. The van der Waals surface area contributed by atoms with Crippen molar-refractivity contribution in [3.63, 3.8) is 0 Å². The highest BCUT2D eigenvalue weighted by atomic mass is 31.2. The number of nitrogens with zero attached hydrogens (tertiary/aromatic N) is 1.